The van der Waals surface area contributed by atoms with Crippen LogP contribution in [0.3, 0.4) is 0 Å². The van der Waals surface area contributed by atoms with Crippen LogP contribution in [0.2, 0.25) is 0 Å². The molecule has 8 nitrogen and oxygen atoms in total. The van der Waals surface area contributed by atoms with E-state index >= 15 is 0 Å². The van der Waals surface area contributed by atoms with Crippen LogP contribution in [0.5, 0.6) is 0 Å². The summed E-state index contributed by atoms with van der Waals surface area (Å²) < 4.78 is 7.24. The number of fused-ring (bicyclic) bond motifs is 2. The lowest BCUT2D eigenvalue weighted by atomic mass is 9.95. The summed E-state index contributed by atoms with van der Waals surface area (Å²) in [5.74, 6) is -0.314. The van der Waals surface area contributed by atoms with E-state index in [4.69, 9.17) is 4.74 Å². The Kier molecular flexibility index (Phi) is 6.67. The minimum atomic E-state index is -0.675. The molecule has 8 heteroatoms. The summed E-state index contributed by atoms with van der Waals surface area (Å²) in [5.41, 5.74) is 4.78. The second-order valence-corrected chi connectivity index (χ2v) is 9.92. The Morgan fingerprint density at radius 1 is 1.08 bits per heavy atom. The molecule has 1 aromatic heterocycles. The zero-order valence-corrected chi connectivity index (χ0v) is 21.9. The number of amides is 3. The van der Waals surface area contributed by atoms with Crippen LogP contribution in [-0.2, 0) is 16.6 Å². The van der Waals surface area contributed by atoms with E-state index in [0.29, 0.717) is 38.1 Å². The molecule has 1 saturated heterocycles. The van der Waals surface area contributed by atoms with Crippen molar-refractivity contribution in [2.24, 2.45) is 7.05 Å². The van der Waals surface area contributed by atoms with E-state index in [1.54, 1.807) is 23.6 Å². The number of para-hydroxylation sites is 1. The number of carbonyl (C=O) groups excluding carboxylic acids is 3. The van der Waals surface area contributed by atoms with Crippen molar-refractivity contribution in [3.05, 3.63) is 70.9 Å². The minimum Gasteiger partial charge on any atom is -0.450 e. The predicted molar refractivity (Wildman–Crippen MR) is 141 cm³/mol. The number of nitrogens with zero attached hydrogens (tertiary/aromatic N) is 3. The zero-order valence-electron chi connectivity index (χ0n) is 21.9. The molecule has 3 aromatic rings. The average Bonchev–Trinajstić information content (AvgIpc) is 3.34. The Bertz CT molecular complexity index is 1360. The molecule has 2 aliphatic heterocycles. The van der Waals surface area contributed by atoms with Gasteiger partial charge in [0.15, 0.2) is 0 Å². The Labute approximate surface area is 217 Å². The van der Waals surface area contributed by atoms with Crippen molar-refractivity contribution in [3.8, 4) is 0 Å². The van der Waals surface area contributed by atoms with Crippen LogP contribution >= 0.6 is 0 Å². The maximum absolute atomic E-state index is 13.7. The number of piperidine rings is 1. The zero-order chi connectivity index (χ0) is 26.3. The molecule has 2 atom stereocenters. The van der Waals surface area contributed by atoms with Gasteiger partial charge in [-0.3, -0.25) is 9.59 Å². The molecule has 0 radical (unpaired) electrons. The van der Waals surface area contributed by atoms with E-state index < -0.39 is 6.04 Å². The van der Waals surface area contributed by atoms with Gasteiger partial charge in [0.25, 0.3) is 5.91 Å². The van der Waals surface area contributed by atoms with Crippen molar-refractivity contribution in [1.29, 1.82) is 0 Å². The van der Waals surface area contributed by atoms with Crippen molar-refractivity contribution in [2.45, 2.75) is 51.7 Å². The Balaban J connectivity index is 1.42. The van der Waals surface area contributed by atoms with Crippen molar-refractivity contribution in [1.82, 2.24) is 19.7 Å². The third-order valence-electron chi connectivity index (χ3n) is 7.88. The van der Waals surface area contributed by atoms with Crippen LogP contribution in [0.1, 0.15) is 59.9 Å². The third kappa shape index (κ3) is 4.24. The molecule has 37 heavy (non-hydrogen) atoms. The number of aromatic nitrogens is 1. The van der Waals surface area contributed by atoms with E-state index in [9.17, 15) is 14.4 Å². The summed E-state index contributed by atoms with van der Waals surface area (Å²) in [7, 11) is 2.03. The van der Waals surface area contributed by atoms with Gasteiger partial charge in [-0.05, 0) is 51.3 Å². The monoisotopic (exact) mass is 502 g/mol. The molecule has 1 fully saturated rings. The van der Waals surface area contributed by atoms with E-state index in [1.165, 1.54) is 0 Å². The van der Waals surface area contributed by atoms with E-state index in [2.05, 4.69) is 28.9 Å². The average molecular weight is 503 g/mol. The van der Waals surface area contributed by atoms with Gasteiger partial charge in [-0.2, -0.15) is 0 Å². The van der Waals surface area contributed by atoms with Crippen molar-refractivity contribution in [2.75, 3.05) is 19.7 Å². The molecule has 2 aliphatic rings. The highest BCUT2D eigenvalue weighted by Gasteiger charge is 2.44. The molecule has 0 bridgehead atoms. The first-order valence-corrected chi connectivity index (χ1v) is 13.0. The lowest BCUT2D eigenvalue weighted by Gasteiger charge is -2.35. The van der Waals surface area contributed by atoms with Crippen LogP contribution in [0.4, 0.5) is 4.79 Å². The summed E-state index contributed by atoms with van der Waals surface area (Å²) in [6.07, 6.45) is 0.989. The first-order valence-electron chi connectivity index (χ1n) is 13.0. The van der Waals surface area contributed by atoms with E-state index in [-0.39, 0.29) is 30.0 Å². The number of benzene rings is 2. The van der Waals surface area contributed by atoms with Gasteiger partial charge in [0.1, 0.15) is 6.04 Å². The van der Waals surface area contributed by atoms with Crippen LogP contribution in [0.15, 0.2) is 48.5 Å². The second-order valence-electron chi connectivity index (χ2n) is 9.92. The largest absolute Gasteiger partial charge is 0.450 e. The molecule has 0 saturated carbocycles. The van der Waals surface area contributed by atoms with Gasteiger partial charge in [0, 0.05) is 53.9 Å². The number of aryl methyl sites for hydroxylation is 1. The molecule has 1 N–H and O–H groups in total. The number of ether oxygens (including phenoxy) is 1. The molecular formula is C29H34N4O4. The van der Waals surface area contributed by atoms with Gasteiger partial charge >= 0.3 is 6.09 Å². The highest BCUT2D eigenvalue weighted by Crippen LogP contribution is 2.44. The molecule has 194 valence electrons. The van der Waals surface area contributed by atoms with Gasteiger partial charge in [-0.15, -0.1) is 0 Å². The fourth-order valence-electron chi connectivity index (χ4n) is 5.80. The smallest absolute Gasteiger partial charge is 0.409 e. The Morgan fingerprint density at radius 2 is 1.76 bits per heavy atom. The fraction of sp³-hybridized carbons (Fsp3) is 0.414. The highest BCUT2D eigenvalue weighted by molar-refractivity contribution is 6.03. The summed E-state index contributed by atoms with van der Waals surface area (Å²) in [6.45, 7) is 7.07. The summed E-state index contributed by atoms with van der Waals surface area (Å²) in [6, 6.07) is 14.8. The Morgan fingerprint density at radius 3 is 2.49 bits per heavy atom. The van der Waals surface area contributed by atoms with Gasteiger partial charge in [-0.25, -0.2) is 4.79 Å². The quantitative estimate of drug-likeness (QED) is 0.568. The maximum Gasteiger partial charge on any atom is 0.409 e. The van der Waals surface area contributed by atoms with Crippen LogP contribution in [-0.4, -0.2) is 64.1 Å². The number of hydrogen-bond donors (Lipinski definition) is 1. The van der Waals surface area contributed by atoms with Crippen molar-refractivity contribution < 1.29 is 19.1 Å². The van der Waals surface area contributed by atoms with Gasteiger partial charge in [0.2, 0.25) is 5.91 Å². The Hall–Kier alpha value is -3.81. The molecule has 0 aliphatic carbocycles. The predicted octanol–water partition coefficient (Wildman–Crippen LogP) is 4.16. The SMILES string of the molecule is CCOC(=O)N1CCC(NC(=O)C(C)N2C(=O)c3ccccc3C2c2c(C)n(C)c3ccccc23)CC1. The highest BCUT2D eigenvalue weighted by atomic mass is 16.6. The number of hydrogen-bond acceptors (Lipinski definition) is 4. The third-order valence-corrected chi connectivity index (χ3v) is 7.88. The van der Waals surface area contributed by atoms with Gasteiger partial charge in [-0.1, -0.05) is 36.4 Å². The van der Waals surface area contributed by atoms with Gasteiger partial charge < -0.3 is 24.4 Å². The van der Waals surface area contributed by atoms with Crippen molar-refractivity contribution in [3.63, 3.8) is 0 Å². The standard InChI is InChI=1S/C29H34N4O4/c1-5-37-29(36)32-16-14-20(15-17-32)30-27(34)19(3)33-26(21-10-6-7-11-22(21)28(33)35)25-18(2)31(4)24-13-9-8-12-23(24)25/h6-13,19-20,26H,5,14-17H2,1-4H3,(H,30,34). The summed E-state index contributed by atoms with van der Waals surface area (Å²) in [4.78, 5) is 42.7. The number of carbonyl (C=O) groups is 3. The minimum absolute atomic E-state index is 0.0570. The summed E-state index contributed by atoms with van der Waals surface area (Å²) >= 11 is 0. The maximum atomic E-state index is 13.7. The van der Waals surface area contributed by atoms with E-state index in [1.807, 2.05) is 43.4 Å². The van der Waals surface area contributed by atoms with E-state index in [0.717, 1.165) is 27.7 Å². The lowest BCUT2D eigenvalue weighted by Crippen LogP contribution is -2.52. The molecular weight excluding hydrogens is 468 g/mol. The summed E-state index contributed by atoms with van der Waals surface area (Å²) in [5, 5.41) is 4.23. The molecule has 2 aromatic carbocycles. The van der Waals surface area contributed by atoms with Gasteiger partial charge in [0.05, 0.1) is 12.6 Å². The number of rotatable bonds is 5. The van der Waals surface area contributed by atoms with Crippen LogP contribution < -0.4 is 5.32 Å². The first kappa shape index (κ1) is 24.9. The second kappa shape index (κ2) is 9.92. The number of likely N-dealkylation sites (tertiary alicyclic amines) is 1. The molecule has 5 rings (SSSR count). The molecule has 3 heterocycles. The fourth-order valence-corrected chi connectivity index (χ4v) is 5.80. The molecule has 2 unspecified atom stereocenters. The molecule has 3 amide bonds. The van der Waals surface area contributed by atoms with Crippen LogP contribution in [0, 0.1) is 6.92 Å². The molecule has 0 spiro atoms. The topological polar surface area (TPSA) is 83.9 Å². The van der Waals surface area contributed by atoms with Crippen LogP contribution in [0.25, 0.3) is 10.9 Å². The lowest BCUT2D eigenvalue weighted by molar-refractivity contribution is -0.126. The van der Waals surface area contributed by atoms with Crippen molar-refractivity contribution >= 4 is 28.8 Å². The number of nitrogens with one attached hydrogen (secondary N) is 1. The normalized spacial score (nSPS) is 18.7. The first-order chi connectivity index (χ1) is 17.8.